The highest BCUT2D eigenvalue weighted by molar-refractivity contribution is 5.48. The zero-order valence-electron chi connectivity index (χ0n) is 6.31. The van der Waals surface area contributed by atoms with Crippen molar-refractivity contribution in [1.29, 1.82) is 0 Å². The molecule has 0 aromatic carbocycles. The van der Waals surface area contributed by atoms with Gasteiger partial charge in [-0.1, -0.05) is 11.8 Å². The average Bonchev–Trinajstić information content (AvgIpc) is 2.37. The van der Waals surface area contributed by atoms with Gasteiger partial charge in [0.2, 0.25) is 0 Å². The van der Waals surface area contributed by atoms with Gasteiger partial charge < -0.3 is 11.1 Å². The van der Waals surface area contributed by atoms with Crippen molar-refractivity contribution in [3.8, 4) is 11.8 Å². The standard InChI is InChI=1S/C7H10N4/c1-9-4-2-3-6-5-10-11-7(6)8/h5,9H,4H2,1H3,(H3,8,10,11). The number of aromatic amines is 1. The topological polar surface area (TPSA) is 66.7 Å². The molecule has 0 radical (unpaired) electrons. The van der Waals surface area contributed by atoms with Gasteiger partial charge in [-0.15, -0.1) is 0 Å². The summed E-state index contributed by atoms with van der Waals surface area (Å²) in [5.74, 6) is 6.26. The molecule has 0 amide bonds. The molecule has 1 aromatic heterocycles. The number of aromatic nitrogens is 2. The smallest absolute Gasteiger partial charge is 0.134 e. The maximum Gasteiger partial charge on any atom is 0.134 e. The van der Waals surface area contributed by atoms with E-state index in [0.717, 1.165) is 5.56 Å². The van der Waals surface area contributed by atoms with Crippen LogP contribution < -0.4 is 11.1 Å². The molecular weight excluding hydrogens is 140 g/mol. The monoisotopic (exact) mass is 150 g/mol. The molecule has 0 unspecified atom stereocenters. The van der Waals surface area contributed by atoms with Crippen LogP contribution >= 0.6 is 0 Å². The SMILES string of the molecule is CNCC#Cc1cn[nH]c1N. The first-order valence-electron chi connectivity index (χ1n) is 3.27. The molecule has 0 saturated carbocycles. The van der Waals surface area contributed by atoms with E-state index in [1.54, 1.807) is 6.20 Å². The summed E-state index contributed by atoms with van der Waals surface area (Å²) >= 11 is 0. The van der Waals surface area contributed by atoms with Crippen LogP contribution in [0.4, 0.5) is 5.82 Å². The molecule has 0 aliphatic heterocycles. The molecular formula is C7H10N4. The minimum Gasteiger partial charge on any atom is -0.383 e. The average molecular weight is 150 g/mol. The molecule has 0 spiro atoms. The summed E-state index contributed by atoms with van der Waals surface area (Å²) in [7, 11) is 1.84. The molecule has 4 nitrogen and oxygen atoms in total. The number of rotatable bonds is 1. The van der Waals surface area contributed by atoms with Gasteiger partial charge in [-0.05, 0) is 7.05 Å². The summed E-state index contributed by atoms with van der Waals surface area (Å²) in [6.07, 6.45) is 1.61. The Bertz CT molecular complexity index is 278. The van der Waals surface area contributed by atoms with E-state index in [9.17, 15) is 0 Å². The summed E-state index contributed by atoms with van der Waals surface area (Å²) in [6.45, 7) is 0.657. The number of nitrogens with one attached hydrogen (secondary N) is 2. The maximum absolute atomic E-state index is 5.48. The molecule has 1 rings (SSSR count). The van der Waals surface area contributed by atoms with E-state index in [1.165, 1.54) is 0 Å². The Balaban J connectivity index is 2.65. The number of hydrogen-bond acceptors (Lipinski definition) is 3. The fourth-order valence-electron chi connectivity index (χ4n) is 0.624. The highest BCUT2D eigenvalue weighted by Gasteiger charge is 1.93. The Kier molecular flexibility index (Phi) is 2.53. The van der Waals surface area contributed by atoms with Crippen LogP contribution in [0.25, 0.3) is 0 Å². The van der Waals surface area contributed by atoms with Crippen LogP contribution in [0, 0.1) is 11.8 Å². The summed E-state index contributed by atoms with van der Waals surface area (Å²) < 4.78 is 0. The van der Waals surface area contributed by atoms with Crippen LogP contribution in [0.5, 0.6) is 0 Å². The van der Waals surface area contributed by atoms with Gasteiger partial charge in [0.15, 0.2) is 0 Å². The van der Waals surface area contributed by atoms with Crippen molar-refractivity contribution >= 4 is 5.82 Å². The van der Waals surface area contributed by atoms with Gasteiger partial charge in [-0.3, -0.25) is 5.10 Å². The number of nitrogens with zero attached hydrogens (tertiary/aromatic N) is 1. The number of anilines is 1. The van der Waals surface area contributed by atoms with E-state index in [4.69, 9.17) is 5.73 Å². The molecule has 0 saturated heterocycles. The maximum atomic E-state index is 5.48. The lowest BCUT2D eigenvalue weighted by Crippen LogP contribution is -2.04. The summed E-state index contributed by atoms with van der Waals surface area (Å²) in [4.78, 5) is 0. The van der Waals surface area contributed by atoms with E-state index in [0.29, 0.717) is 12.4 Å². The largest absolute Gasteiger partial charge is 0.383 e. The first-order chi connectivity index (χ1) is 5.34. The zero-order chi connectivity index (χ0) is 8.10. The molecule has 1 heterocycles. The van der Waals surface area contributed by atoms with E-state index in [2.05, 4.69) is 27.4 Å². The predicted octanol–water partition coefficient (Wildman–Crippen LogP) is -0.437. The van der Waals surface area contributed by atoms with Gasteiger partial charge in [0.25, 0.3) is 0 Å². The lowest BCUT2D eigenvalue weighted by atomic mass is 10.3. The first-order valence-corrected chi connectivity index (χ1v) is 3.27. The molecule has 0 atom stereocenters. The van der Waals surface area contributed by atoms with Crippen molar-refractivity contribution in [1.82, 2.24) is 15.5 Å². The van der Waals surface area contributed by atoms with E-state index >= 15 is 0 Å². The summed E-state index contributed by atoms with van der Waals surface area (Å²) in [5.41, 5.74) is 6.23. The van der Waals surface area contributed by atoms with Gasteiger partial charge in [-0.2, -0.15) is 5.10 Å². The van der Waals surface area contributed by atoms with Crippen molar-refractivity contribution in [2.75, 3.05) is 19.3 Å². The molecule has 58 valence electrons. The fourth-order valence-corrected chi connectivity index (χ4v) is 0.624. The van der Waals surface area contributed by atoms with Gasteiger partial charge >= 0.3 is 0 Å². The van der Waals surface area contributed by atoms with Crippen molar-refractivity contribution in [3.05, 3.63) is 11.8 Å². The summed E-state index contributed by atoms with van der Waals surface area (Å²) in [5, 5.41) is 9.23. The summed E-state index contributed by atoms with van der Waals surface area (Å²) in [6, 6.07) is 0. The molecule has 4 N–H and O–H groups in total. The van der Waals surface area contributed by atoms with E-state index in [1.807, 2.05) is 7.05 Å². The van der Waals surface area contributed by atoms with E-state index in [-0.39, 0.29) is 0 Å². The van der Waals surface area contributed by atoms with Crippen LogP contribution in [0.3, 0.4) is 0 Å². The second-order valence-corrected chi connectivity index (χ2v) is 2.03. The molecule has 0 fully saturated rings. The van der Waals surface area contributed by atoms with Crippen molar-refractivity contribution in [2.24, 2.45) is 0 Å². The molecule has 1 aromatic rings. The predicted molar refractivity (Wildman–Crippen MR) is 43.8 cm³/mol. The number of hydrogen-bond donors (Lipinski definition) is 3. The Morgan fingerprint density at radius 2 is 2.64 bits per heavy atom. The van der Waals surface area contributed by atoms with E-state index < -0.39 is 0 Å². The van der Waals surface area contributed by atoms with Crippen LogP contribution in [0.15, 0.2) is 6.20 Å². The van der Waals surface area contributed by atoms with Crippen molar-refractivity contribution in [3.63, 3.8) is 0 Å². The minimum absolute atomic E-state index is 0.522. The Morgan fingerprint density at radius 1 is 1.82 bits per heavy atom. The highest BCUT2D eigenvalue weighted by Crippen LogP contribution is 2.01. The molecule has 0 aliphatic rings. The van der Waals surface area contributed by atoms with Crippen LogP contribution in [-0.2, 0) is 0 Å². The van der Waals surface area contributed by atoms with Crippen LogP contribution in [0.2, 0.25) is 0 Å². The van der Waals surface area contributed by atoms with Gasteiger partial charge in [0.1, 0.15) is 5.82 Å². The minimum atomic E-state index is 0.522. The Labute approximate surface area is 65.2 Å². The van der Waals surface area contributed by atoms with Gasteiger partial charge in [0.05, 0.1) is 18.3 Å². The number of H-pyrrole nitrogens is 1. The van der Waals surface area contributed by atoms with Gasteiger partial charge in [-0.25, -0.2) is 0 Å². The van der Waals surface area contributed by atoms with Crippen LogP contribution in [-0.4, -0.2) is 23.8 Å². The Hall–Kier alpha value is -1.47. The second-order valence-electron chi connectivity index (χ2n) is 2.03. The third kappa shape index (κ3) is 1.99. The third-order valence-corrected chi connectivity index (χ3v) is 1.16. The quantitative estimate of drug-likeness (QED) is 0.475. The lowest BCUT2D eigenvalue weighted by molar-refractivity contribution is 0.938. The molecule has 0 aliphatic carbocycles. The highest BCUT2D eigenvalue weighted by atomic mass is 15.1. The fraction of sp³-hybridized carbons (Fsp3) is 0.286. The molecule has 4 heteroatoms. The number of nitrogen functional groups attached to an aromatic ring is 1. The van der Waals surface area contributed by atoms with Crippen molar-refractivity contribution < 1.29 is 0 Å². The van der Waals surface area contributed by atoms with Crippen molar-refractivity contribution in [2.45, 2.75) is 0 Å². The molecule has 11 heavy (non-hydrogen) atoms. The first kappa shape index (κ1) is 7.63. The van der Waals surface area contributed by atoms with Gasteiger partial charge in [0, 0.05) is 0 Å². The number of nitrogens with two attached hydrogens (primary N) is 1. The Morgan fingerprint density at radius 3 is 3.18 bits per heavy atom. The molecule has 0 bridgehead atoms. The third-order valence-electron chi connectivity index (χ3n) is 1.16. The lowest BCUT2D eigenvalue weighted by Gasteiger charge is -1.84. The normalized spacial score (nSPS) is 8.82. The zero-order valence-corrected chi connectivity index (χ0v) is 6.31. The van der Waals surface area contributed by atoms with Crippen LogP contribution in [0.1, 0.15) is 5.56 Å². The second kappa shape index (κ2) is 3.64.